The number of halogens is 1. The zero-order chi connectivity index (χ0) is 18.7. The van der Waals surface area contributed by atoms with Crippen molar-refractivity contribution in [1.29, 1.82) is 0 Å². The van der Waals surface area contributed by atoms with Crippen molar-refractivity contribution in [3.63, 3.8) is 0 Å². The molecule has 0 N–H and O–H groups in total. The number of nitro benzene ring substituents is 1. The number of benzene rings is 2. The molecule has 3 rings (SSSR count). The van der Waals surface area contributed by atoms with Gasteiger partial charge in [0.1, 0.15) is 5.82 Å². The number of hydrogen-bond acceptors (Lipinski definition) is 4. The van der Waals surface area contributed by atoms with Gasteiger partial charge in [-0.1, -0.05) is 24.3 Å². The summed E-state index contributed by atoms with van der Waals surface area (Å²) in [7, 11) is 0. The van der Waals surface area contributed by atoms with Crippen LogP contribution in [0.1, 0.15) is 33.2 Å². The number of rotatable bonds is 3. The number of nitro groups is 1. The van der Waals surface area contributed by atoms with Gasteiger partial charge in [-0.15, -0.1) is 0 Å². The molecular formula is C19H19FN2O3S. The van der Waals surface area contributed by atoms with Crippen LogP contribution >= 0.6 is 11.8 Å². The molecule has 1 fully saturated rings. The zero-order valence-electron chi connectivity index (χ0n) is 14.4. The van der Waals surface area contributed by atoms with Crippen molar-refractivity contribution in [2.45, 2.75) is 18.6 Å². The molecule has 1 atom stereocenters. The first-order chi connectivity index (χ1) is 12.5. The largest absolute Gasteiger partial charge is 0.338 e. The smallest absolute Gasteiger partial charge is 0.273 e. The topological polar surface area (TPSA) is 63.5 Å². The minimum absolute atomic E-state index is 0.000191. The van der Waals surface area contributed by atoms with Crippen LogP contribution in [0.15, 0.2) is 42.5 Å². The summed E-state index contributed by atoms with van der Waals surface area (Å²) in [4.78, 5) is 25.2. The first-order valence-electron chi connectivity index (χ1n) is 8.38. The highest BCUT2D eigenvalue weighted by Crippen LogP contribution is 2.36. The highest BCUT2D eigenvalue weighted by Gasteiger charge is 2.26. The molecule has 1 amide bonds. The number of carbonyl (C=O) groups is 1. The Morgan fingerprint density at radius 1 is 1.23 bits per heavy atom. The van der Waals surface area contributed by atoms with Crippen LogP contribution in [-0.4, -0.2) is 34.6 Å². The Morgan fingerprint density at radius 3 is 2.73 bits per heavy atom. The summed E-state index contributed by atoms with van der Waals surface area (Å²) in [6.07, 6.45) is 0.644. The molecule has 7 heteroatoms. The van der Waals surface area contributed by atoms with Crippen molar-refractivity contribution < 1.29 is 14.1 Å². The minimum atomic E-state index is -0.474. The monoisotopic (exact) mass is 374 g/mol. The zero-order valence-corrected chi connectivity index (χ0v) is 15.2. The number of thioether (sulfide) groups is 1. The standard InChI is InChI=1S/C19H19FN2O3S/c1-13-14(6-4-8-17(13)22(24)25)19(23)21-10-9-18(26-12-11-21)15-5-2-3-7-16(15)20/h2-8,18H,9-12H2,1H3. The molecule has 2 aromatic carbocycles. The van der Waals surface area contributed by atoms with Crippen molar-refractivity contribution in [2.24, 2.45) is 0 Å². The molecule has 136 valence electrons. The van der Waals surface area contributed by atoms with E-state index in [1.807, 2.05) is 6.07 Å². The molecule has 0 aromatic heterocycles. The molecule has 0 bridgehead atoms. The normalized spacial score (nSPS) is 17.6. The number of nitrogens with zero attached hydrogens (tertiary/aromatic N) is 2. The quantitative estimate of drug-likeness (QED) is 0.591. The van der Waals surface area contributed by atoms with E-state index in [2.05, 4.69) is 0 Å². The number of hydrogen-bond donors (Lipinski definition) is 0. The second-order valence-corrected chi connectivity index (χ2v) is 7.48. The molecule has 1 aliphatic heterocycles. The Morgan fingerprint density at radius 2 is 2.00 bits per heavy atom. The van der Waals surface area contributed by atoms with Crippen LogP contribution in [-0.2, 0) is 0 Å². The predicted octanol–water partition coefficient (Wildman–Crippen LogP) is 4.36. The third-order valence-electron chi connectivity index (χ3n) is 4.61. The predicted molar refractivity (Wildman–Crippen MR) is 100.0 cm³/mol. The molecule has 5 nitrogen and oxygen atoms in total. The maximum absolute atomic E-state index is 14.0. The second-order valence-electron chi connectivity index (χ2n) is 6.17. The fourth-order valence-corrected chi connectivity index (χ4v) is 4.43. The van der Waals surface area contributed by atoms with Crippen LogP contribution in [0.2, 0.25) is 0 Å². The Hall–Kier alpha value is -2.41. The Labute approximate surface area is 155 Å². The van der Waals surface area contributed by atoms with Crippen LogP contribution in [0.5, 0.6) is 0 Å². The lowest BCUT2D eigenvalue weighted by Crippen LogP contribution is -2.33. The molecule has 26 heavy (non-hydrogen) atoms. The highest BCUT2D eigenvalue weighted by molar-refractivity contribution is 7.99. The van der Waals surface area contributed by atoms with Crippen molar-refractivity contribution in [1.82, 2.24) is 4.90 Å². The van der Waals surface area contributed by atoms with Gasteiger partial charge < -0.3 is 4.90 Å². The lowest BCUT2D eigenvalue weighted by Gasteiger charge is -2.21. The van der Waals surface area contributed by atoms with E-state index in [-0.39, 0.29) is 22.7 Å². The molecular weight excluding hydrogens is 355 g/mol. The molecule has 1 heterocycles. The van der Waals surface area contributed by atoms with E-state index >= 15 is 0 Å². The van der Waals surface area contributed by atoms with Gasteiger partial charge >= 0.3 is 0 Å². The number of carbonyl (C=O) groups excluding carboxylic acids is 1. The molecule has 0 saturated carbocycles. The van der Waals surface area contributed by atoms with Crippen LogP contribution < -0.4 is 0 Å². The Kier molecular flexibility index (Phi) is 5.56. The number of amides is 1. The summed E-state index contributed by atoms with van der Waals surface area (Å²) in [6.45, 7) is 2.63. The third-order valence-corrected chi connectivity index (χ3v) is 5.92. The van der Waals surface area contributed by atoms with Gasteiger partial charge in [0, 0.05) is 46.8 Å². The van der Waals surface area contributed by atoms with Gasteiger partial charge in [-0.2, -0.15) is 11.8 Å². The lowest BCUT2D eigenvalue weighted by atomic mass is 10.0. The van der Waals surface area contributed by atoms with E-state index in [1.54, 1.807) is 41.8 Å². The molecule has 1 saturated heterocycles. The van der Waals surface area contributed by atoms with Gasteiger partial charge in [-0.05, 0) is 25.5 Å². The van der Waals surface area contributed by atoms with E-state index in [1.165, 1.54) is 18.2 Å². The molecule has 2 aromatic rings. The highest BCUT2D eigenvalue weighted by atomic mass is 32.2. The molecule has 0 radical (unpaired) electrons. The van der Waals surface area contributed by atoms with Crippen LogP contribution in [0, 0.1) is 22.9 Å². The first-order valence-corrected chi connectivity index (χ1v) is 9.43. The SMILES string of the molecule is Cc1c(C(=O)N2CCSC(c3ccccc3F)CC2)cccc1[N+](=O)[O-]. The summed E-state index contributed by atoms with van der Waals surface area (Å²) in [5.74, 6) is 0.263. The van der Waals surface area contributed by atoms with Gasteiger partial charge in [-0.3, -0.25) is 14.9 Å². The Bertz CT molecular complexity index is 843. The van der Waals surface area contributed by atoms with Crippen LogP contribution in [0.25, 0.3) is 0 Å². The average Bonchev–Trinajstić information content (AvgIpc) is 2.87. The fraction of sp³-hybridized carbons (Fsp3) is 0.316. The van der Waals surface area contributed by atoms with E-state index < -0.39 is 4.92 Å². The summed E-state index contributed by atoms with van der Waals surface area (Å²) in [6, 6.07) is 11.3. The lowest BCUT2D eigenvalue weighted by molar-refractivity contribution is -0.385. The van der Waals surface area contributed by atoms with E-state index in [0.717, 1.165) is 0 Å². The first kappa shape index (κ1) is 18.4. The molecule has 1 aliphatic rings. The summed E-state index contributed by atoms with van der Waals surface area (Å²) in [5, 5.41) is 11.1. The van der Waals surface area contributed by atoms with Gasteiger partial charge in [0.15, 0.2) is 0 Å². The molecule has 1 unspecified atom stereocenters. The van der Waals surface area contributed by atoms with Crippen molar-refractivity contribution in [3.05, 3.63) is 75.1 Å². The maximum atomic E-state index is 14.0. The van der Waals surface area contributed by atoms with Gasteiger partial charge in [0.05, 0.1) is 4.92 Å². The average molecular weight is 374 g/mol. The van der Waals surface area contributed by atoms with Gasteiger partial charge in [-0.25, -0.2) is 4.39 Å². The second kappa shape index (κ2) is 7.86. The van der Waals surface area contributed by atoms with Crippen molar-refractivity contribution in [2.75, 3.05) is 18.8 Å². The van der Waals surface area contributed by atoms with Crippen molar-refractivity contribution in [3.8, 4) is 0 Å². The Balaban J connectivity index is 1.77. The summed E-state index contributed by atoms with van der Waals surface area (Å²) in [5.41, 5.74) is 1.35. The van der Waals surface area contributed by atoms with Gasteiger partial charge in [0.2, 0.25) is 0 Å². The van der Waals surface area contributed by atoms with E-state index in [0.29, 0.717) is 42.0 Å². The van der Waals surface area contributed by atoms with E-state index in [9.17, 15) is 19.3 Å². The minimum Gasteiger partial charge on any atom is -0.338 e. The fourth-order valence-electron chi connectivity index (χ4n) is 3.18. The summed E-state index contributed by atoms with van der Waals surface area (Å²) >= 11 is 1.64. The third kappa shape index (κ3) is 3.72. The van der Waals surface area contributed by atoms with Crippen molar-refractivity contribution >= 4 is 23.4 Å². The van der Waals surface area contributed by atoms with Crippen LogP contribution in [0.4, 0.5) is 10.1 Å². The molecule has 0 aliphatic carbocycles. The van der Waals surface area contributed by atoms with Gasteiger partial charge in [0.25, 0.3) is 11.6 Å². The summed E-state index contributed by atoms with van der Waals surface area (Å²) < 4.78 is 14.0. The maximum Gasteiger partial charge on any atom is 0.273 e. The van der Waals surface area contributed by atoms with E-state index in [4.69, 9.17) is 0 Å². The molecule has 0 spiro atoms. The van der Waals surface area contributed by atoms with Crippen LogP contribution in [0.3, 0.4) is 0 Å².